The number of halogens is 1. The Bertz CT molecular complexity index is 942. The number of thioether (sulfide) groups is 1. The zero-order valence-corrected chi connectivity index (χ0v) is 18.2. The van der Waals surface area contributed by atoms with Crippen molar-refractivity contribution in [1.29, 1.82) is 0 Å². The number of carbonyl (C=O) groups is 2. The van der Waals surface area contributed by atoms with Crippen LogP contribution >= 0.6 is 27.7 Å². The summed E-state index contributed by atoms with van der Waals surface area (Å²) in [6.45, 7) is 4.12. The molecule has 146 valence electrons. The minimum atomic E-state index is -0.295. The molecule has 0 radical (unpaired) electrons. The Morgan fingerprint density at radius 2 is 1.93 bits per heavy atom. The molecule has 1 aliphatic heterocycles. The number of benzene rings is 2. The number of methoxy groups -OCH3 is 1. The molecule has 0 spiro atoms. The highest BCUT2D eigenvalue weighted by atomic mass is 79.9. The standard InChI is InChI=1S/C21H20BrNO4S/c1-13(2)27-17-8-7-14(10-18(17)26-3)11-19-20(24)23(21(25)28-19)12-15-5-4-6-16(22)9-15/h4-11,13H,12H2,1-3H3/b19-11-. The molecular weight excluding hydrogens is 442 g/mol. The Labute approximate surface area is 176 Å². The van der Waals surface area contributed by atoms with Gasteiger partial charge in [-0.25, -0.2) is 0 Å². The maximum absolute atomic E-state index is 12.7. The molecule has 1 saturated heterocycles. The summed E-state index contributed by atoms with van der Waals surface area (Å²) in [5, 5.41) is -0.275. The van der Waals surface area contributed by atoms with Crippen molar-refractivity contribution in [3.8, 4) is 11.5 Å². The summed E-state index contributed by atoms with van der Waals surface area (Å²) in [6.07, 6.45) is 1.72. The van der Waals surface area contributed by atoms with Gasteiger partial charge in [-0.05, 0) is 67.1 Å². The third-order valence-electron chi connectivity index (χ3n) is 3.95. The molecule has 2 aromatic rings. The highest BCUT2D eigenvalue weighted by Crippen LogP contribution is 2.35. The fourth-order valence-electron chi connectivity index (χ4n) is 2.73. The van der Waals surface area contributed by atoms with E-state index in [1.807, 2.05) is 44.2 Å². The molecular formula is C21H20BrNO4S. The number of nitrogens with zero attached hydrogens (tertiary/aromatic N) is 1. The van der Waals surface area contributed by atoms with E-state index in [2.05, 4.69) is 15.9 Å². The smallest absolute Gasteiger partial charge is 0.293 e. The van der Waals surface area contributed by atoms with Crippen LogP contribution in [0.3, 0.4) is 0 Å². The van der Waals surface area contributed by atoms with Crippen molar-refractivity contribution < 1.29 is 19.1 Å². The lowest BCUT2D eigenvalue weighted by Gasteiger charge is -2.14. The zero-order valence-electron chi connectivity index (χ0n) is 15.8. The Hall–Kier alpha value is -2.25. The molecule has 2 amide bonds. The van der Waals surface area contributed by atoms with Gasteiger partial charge in [0.15, 0.2) is 11.5 Å². The quantitative estimate of drug-likeness (QED) is 0.532. The van der Waals surface area contributed by atoms with Gasteiger partial charge in [0.05, 0.1) is 24.7 Å². The highest BCUT2D eigenvalue weighted by Gasteiger charge is 2.35. The van der Waals surface area contributed by atoms with E-state index in [9.17, 15) is 9.59 Å². The second-order valence-electron chi connectivity index (χ2n) is 6.47. The SMILES string of the molecule is COc1cc(/C=C2\SC(=O)N(Cc3cccc(Br)c3)C2=O)ccc1OC(C)C. The summed E-state index contributed by atoms with van der Waals surface area (Å²) in [5.41, 5.74) is 1.65. The number of carbonyl (C=O) groups excluding carboxylic acids is 2. The van der Waals surface area contributed by atoms with Crippen LogP contribution in [0.25, 0.3) is 6.08 Å². The molecule has 7 heteroatoms. The normalized spacial score (nSPS) is 15.6. The first kappa shape index (κ1) is 20.5. The number of rotatable bonds is 6. The lowest BCUT2D eigenvalue weighted by atomic mass is 10.1. The molecule has 0 N–H and O–H groups in total. The average Bonchev–Trinajstić information content (AvgIpc) is 2.90. The van der Waals surface area contributed by atoms with Crippen molar-refractivity contribution in [2.45, 2.75) is 26.5 Å². The second kappa shape index (κ2) is 8.84. The van der Waals surface area contributed by atoms with E-state index in [4.69, 9.17) is 9.47 Å². The number of ether oxygens (including phenoxy) is 2. The minimum Gasteiger partial charge on any atom is -0.493 e. The monoisotopic (exact) mass is 461 g/mol. The van der Waals surface area contributed by atoms with Crippen LogP contribution in [-0.2, 0) is 11.3 Å². The van der Waals surface area contributed by atoms with Crippen LogP contribution in [0.5, 0.6) is 11.5 Å². The Balaban J connectivity index is 1.81. The van der Waals surface area contributed by atoms with E-state index in [-0.39, 0.29) is 23.8 Å². The highest BCUT2D eigenvalue weighted by molar-refractivity contribution is 9.10. The van der Waals surface area contributed by atoms with Gasteiger partial charge in [0.25, 0.3) is 11.1 Å². The van der Waals surface area contributed by atoms with E-state index < -0.39 is 0 Å². The molecule has 1 fully saturated rings. The molecule has 1 heterocycles. The van der Waals surface area contributed by atoms with Crippen LogP contribution in [-0.4, -0.2) is 29.3 Å². The predicted octanol–water partition coefficient (Wildman–Crippen LogP) is 5.48. The van der Waals surface area contributed by atoms with Gasteiger partial charge in [0.2, 0.25) is 0 Å². The van der Waals surface area contributed by atoms with Gasteiger partial charge in [-0.15, -0.1) is 0 Å². The summed E-state index contributed by atoms with van der Waals surface area (Å²) in [4.78, 5) is 26.7. The van der Waals surface area contributed by atoms with E-state index in [1.54, 1.807) is 25.3 Å². The van der Waals surface area contributed by atoms with Crippen LogP contribution in [0.2, 0.25) is 0 Å². The third kappa shape index (κ3) is 4.77. The molecule has 28 heavy (non-hydrogen) atoms. The lowest BCUT2D eigenvalue weighted by Crippen LogP contribution is -2.27. The lowest BCUT2D eigenvalue weighted by molar-refractivity contribution is -0.123. The first-order valence-corrected chi connectivity index (χ1v) is 10.3. The van der Waals surface area contributed by atoms with Gasteiger partial charge in [0, 0.05) is 4.47 Å². The summed E-state index contributed by atoms with van der Waals surface area (Å²) in [5.74, 6) is 0.921. The van der Waals surface area contributed by atoms with E-state index >= 15 is 0 Å². The number of hydrogen-bond acceptors (Lipinski definition) is 5. The van der Waals surface area contributed by atoms with Crippen molar-refractivity contribution in [2.24, 2.45) is 0 Å². The van der Waals surface area contributed by atoms with Crippen molar-refractivity contribution in [1.82, 2.24) is 4.90 Å². The molecule has 0 bridgehead atoms. The van der Waals surface area contributed by atoms with Crippen molar-refractivity contribution in [3.63, 3.8) is 0 Å². The predicted molar refractivity (Wildman–Crippen MR) is 114 cm³/mol. The molecule has 5 nitrogen and oxygen atoms in total. The zero-order chi connectivity index (χ0) is 20.3. The van der Waals surface area contributed by atoms with Crippen LogP contribution < -0.4 is 9.47 Å². The van der Waals surface area contributed by atoms with E-state index in [1.165, 1.54) is 4.90 Å². The number of hydrogen-bond donors (Lipinski definition) is 0. The molecule has 2 aromatic carbocycles. The van der Waals surface area contributed by atoms with Gasteiger partial charge in [0.1, 0.15) is 0 Å². The summed E-state index contributed by atoms with van der Waals surface area (Å²) < 4.78 is 12.0. The van der Waals surface area contributed by atoms with Crippen LogP contribution in [0, 0.1) is 0 Å². The molecule has 0 aliphatic carbocycles. The topological polar surface area (TPSA) is 55.8 Å². The molecule has 0 atom stereocenters. The van der Waals surface area contributed by atoms with Gasteiger partial charge in [-0.1, -0.05) is 34.1 Å². The fraction of sp³-hybridized carbons (Fsp3) is 0.238. The van der Waals surface area contributed by atoms with Gasteiger partial charge in [-0.3, -0.25) is 14.5 Å². The molecule has 1 aliphatic rings. The van der Waals surface area contributed by atoms with Gasteiger partial charge < -0.3 is 9.47 Å². The van der Waals surface area contributed by atoms with Crippen LogP contribution in [0.15, 0.2) is 51.8 Å². The maximum Gasteiger partial charge on any atom is 0.293 e. The van der Waals surface area contributed by atoms with Crippen LogP contribution in [0.4, 0.5) is 4.79 Å². The average molecular weight is 462 g/mol. The van der Waals surface area contributed by atoms with Crippen LogP contribution in [0.1, 0.15) is 25.0 Å². The number of imide groups is 1. The van der Waals surface area contributed by atoms with E-state index in [0.717, 1.165) is 27.4 Å². The Kier molecular flexibility index (Phi) is 6.46. The molecule has 0 saturated carbocycles. The summed E-state index contributed by atoms with van der Waals surface area (Å²) >= 11 is 4.35. The van der Waals surface area contributed by atoms with Gasteiger partial charge in [-0.2, -0.15) is 0 Å². The summed E-state index contributed by atoms with van der Waals surface area (Å²) in [6, 6.07) is 13.0. The summed E-state index contributed by atoms with van der Waals surface area (Å²) in [7, 11) is 1.57. The van der Waals surface area contributed by atoms with Gasteiger partial charge >= 0.3 is 0 Å². The first-order chi connectivity index (χ1) is 13.4. The van der Waals surface area contributed by atoms with Crippen molar-refractivity contribution in [3.05, 3.63) is 63.0 Å². The maximum atomic E-state index is 12.7. The van der Waals surface area contributed by atoms with Crippen molar-refractivity contribution >= 4 is 44.9 Å². The molecule has 0 aromatic heterocycles. The largest absolute Gasteiger partial charge is 0.493 e. The van der Waals surface area contributed by atoms with E-state index in [0.29, 0.717) is 16.4 Å². The Morgan fingerprint density at radius 3 is 2.61 bits per heavy atom. The first-order valence-electron chi connectivity index (χ1n) is 8.72. The fourth-order valence-corrected chi connectivity index (χ4v) is 4.02. The Morgan fingerprint density at radius 1 is 1.14 bits per heavy atom. The molecule has 3 rings (SSSR count). The number of amides is 2. The van der Waals surface area contributed by atoms with Crippen molar-refractivity contribution in [2.75, 3.05) is 7.11 Å². The minimum absolute atomic E-state index is 0.0225. The molecule has 0 unspecified atom stereocenters. The third-order valence-corrected chi connectivity index (χ3v) is 5.35. The second-order valence-corrected chi connectivity index (χ2v) is 8.38.